The largest absolute Gasteiger partial charge is 0.377 e. The van der Waals surface area contributed by atoms with E-state index in [0.29, 0.717) is 6.61 Å². The highest BCUT2D eigenvalue weighted by molar-refractivity contribution is 5.13. The smallest absolute Gasteiger partial charge is 0.0716 e. The molecule has 0 unspecified atom stereocenters. The van der Waals surface area contributed by atoms with E-state index in [-0.39, 0.29) is 42.4 Å². The van der Waals surface area contributed by atoms with Crippen LogP contribution >= 0.6 is 0 Å². The summed E-state index contributed by atoms with van der Waals surface area (Å²) >= 11 is 0. The second-order valence-electron chi connectivity index (χ2n) is 2.51. The maximum atomic E-state index is 7.66. The maximum absolute atomic E-state index is 7.66. The summed E-state index contributed by atoms with van der Waals surface area (Å²) in [6.45, 7) is 2.64. The third kappa shape index (κ3) is 3.54. The van der Waals surface area contributed by atoms with E-state index in [4.69, 9.17) is 11.6 Å². The minimum absolute atomic E-state index is 0.0652. The summed E-state index contributed by atoms with van der Waals surface area (Å²) in [5.74, 6) is 0. The lowest BCUT2D eigenvalue weighted by atomic mass is 10.2. The van der Waals surface area contributed by atoms with Gasteiger partial charge >= 0.3 is 0 Å². The average molecular weight is 169 g/mol. The minimum atomic E-state index is -0.364. The predicted molar refractivity (Wildman–Crippen MR) is 51.0 cm³/mol. The lowest BCUT2D eigenvalue weighted by Crippen LogP contribution is -1.94. The van der Waals surface area contributed by atoms with Crippen molar-refractivity contribution < 1.29 is 11.6 Å². The van der Waals surface area contributed by atoms with Crippen molar-refractivity contribution in [2.75, 3.05) is 6.61 Å². The van der Waals surface area contributed by atoms with E-state index in [9.17, 15) is 0 Å². The van der Waals surface area contributed by atoms with Crippen LogP contribution in [0.3, 0.4) is 0 Å². The van der Waals surface area contributed by atoms with Crippen LogP contribution in [0.5, 0.6) is 0 Å². The number of benzene rings is 1. The molecule has 1 aromatic rings. The van der Waals surface area contributed by atoms with Gasteiger partial charge in [0.15, 0.2) is 0 Å². The second-order valence-corrected chi connectivity index (χ2v) is 2.51. The Morgan fingerprint density at radius 2 is 2.08 bits per heavy atom. The third-order valence-electron chi connectivity index (χ3n) is 1.44. The first-order chi connectivity index (χ1) is 8.00. The van der Waals surface area contributed by atoms with Crippen LogP contribution in [-0.2, 0) is 11.3 Å². The van der Waals surface area contributed by atoms with Gasteiger partial charge in [0.05, 0.1) is 13.5 Å². The quantitative estimate of drug-likeness (QED) is 0.616. The highest BCUT2D eigenvalue weighted by atomic mass is 16.5. The zero-order valence-electron chi connectivity index (χ0n) is 12.2. The number of unbranched alkanes of at least 4 members (excludes halogenated alkanes) is 1. The summed E-state index contributed by atoms with van der Waals surface area (Å²) in [4.78, 5) is 0. The van der Waals surface area contributed by atoms with Crippen molar-refractivity contribution in [1.82, 2.24) is 0 Å². The van der Waals surface area contributed by atoms with Crippen LogP contribution in [-0.4, -0.2) is 6.61 Å². The van der Waals surface area contributed by atoms with Gasteiger partial charge < -0.3 is 4.74 Å². The summed E-state index contributed by atoms with van der Waals surface area (Å²) < 4.78 is 43.0. The lowest BCUT2D eigenvalue weighted by Gasteiger charge is -2.02. The van der Waals surface area contributed by atoms with E-state index >= 15 is 0 Å². The number of hydrogen-bond acceptors (Lipinski definition) is 1. The highest BCUT2D eigenvalue weighted by Gasteiger charge is 1.89. The van der Waals surface area contributed by atoms with Gasteiger partial charge in [0.25, 0.3) is 0 Å². The van der Waals surface area contributed by atoms with Gasteiger partial charge in [-0.3, -0.25) is 0 Å². The molecule has 0 spiro atoms. The van der Waals surface area contributed by atoms with Gasteiger partial charge in [-0.15, -0.1) is 0 Å². The standard InChI is InChI=1S/C11H16O/c1-2-3-9-12-10-11-7-5-4-6-8-11/h4-8H,2-3,9-10H2,1H3/i4D,5D,6D,7D,8D. The Morgan fingerprint density at radius 1 is 1.33 bits per heavy atom. The highest BCUT2D eigenvalue weighted by Crippen LogP contribution is 2.00. The first-order valence-corrected chi connectivity index (χ1v) is 4.14. The first-order valence-electron chi connectivity index (χ1n) is 6.64. The van der Waals surface area contributed by atoms with Gasteiger partial charge in [0, 0.05) is 6.61 Å². The molecule has 0 amide bonds. The van der Waals surface area contributed by atoms with Crippen molar-refractivity contribution in [3.05, 3.63) is 35.8 Å². The second kappa shape index (κ2) is 5.78. The van der Waals surface area contributed by atoms with E-state index in [1.54, 1.807) is 0 Å². The molecular formula is C11H16O. The molecule has 0 aliphatic heterocycles. The molecule has 0 aliphatic carbocycles. The fourth-order valence-electron chi connectivity index (χ4n) is 0.769. The fourth-order valence-corrected chi connectivity index (χ4v) is 0.769. The van der Waals surface area contributed by atoms with Crippen LogP contribution in [0.25, 0.3) is 0 Å². The Hall–Kier alpha value is -0.820. The summed E-state index contributed by atoms with van der Waals surface area (Å²) in [6.07, 6.45) is 1.90. The minimum Gasteiger partial charge on any atom is -0.377 e. The van der Waals surface area contributed by atoms with Crippen LogP contribution in [0.2, 0.25) is 0 Å². The van der Waals surface area contributed by atoms with Crippen LogP contribution in [0, 0.1) is 0 Å². The van der Waals surface area contributed by atoms with Crippen LogP contribution in [0.4, 0.5) is 0 Å². The monoisotopic (exact) mass is 169 g/mol. The Balaban J connectivity index is 2.92. The van der Waals surface area contributed by atoms with Gasteiger partial charge in [0.1, 0.15) is 0 Å². The lowest BCUT2D eigenvalue weighted by molar-refractivity contribution is 0.118. The molecule has 0 fully saturated rings. The molecule has 0 N–H and O–H groups in total. The summed E-state index contributed by atoms with van der Waals surface area (Å²) in [6, 6.07) is -1.32. The molecule has 0 bridgehead atoms. The summed E-state index contributed by atoms with van der Waals surface area (Å²) in [7, 11) is 0. The van der Waals surface area contributed by atoms with Crippen LogP contribution in [0.15, 0.2) is 30.2 Å². The van der Waals surface area contributed by atoms with Crippen molar-refractivity contribution in [2.45, 2.75) is 26.4 Å². The molecule has 1 heteroatoms. The summed E-state index contributed by atoms with van der Waals surface area (Å²) in [5.41, 5.74) is 0.229. The number of ether oxygens (including phenoxy) is 1. The van der Waals surface area contributed by atoms with Crippen molar-refractivity contribution in [2.24, 2.45) is 0 Å². The van der Waals surface area contributed by atoms with Crippen LogP contribution in [0.1, 0.15) is 32.2 Å². The topological polar surface area (TPSA) is 9.23 Å². The Kier molecular flexibility index (Phi) is 2.13. The van der Waals surface area contributed by atoms with Gasteiger partial charge in [-0.25, -0.2) is 0 Å². The van der Waals surface area contributed by atoms with Gasteiger partial charge in [-0.1, -0.05) is 43.6 Å². The fraction of sp³-hybridized carbons (Fsp3) is 0.455. The number of hydrogen-bond donors (Lipinski definition) is 0. The molecule has 0 aromatic heterocycles. The SMILES string of the molecule is [2H]c1c([2H])c([2H])c(COCCCC)c([2H])c1[2H]. The van der Waals surface area contributed by atoms with Gasteiger partial charge in [-0.2, -0.15) is 0 Å². The van der Waals surface area contributed by atoms with E-state index in [0.717, 1.165) is 12.8 Å². The predicted octanol–water partition coefficient (Wildman–Crippen LogP) is 3.00. The zero-order valence-corrected chi connectivity index (χ0v) is 7.24. The van der Waals surface area contributed by atoms with E-state index in [2.05, 4.69) is 0 Å². The van der Waals surface area contributed by atoms with Gasteiger partial charge in [0.2, 0.25) is 0 Å². The maximum Gasteiger partial charge on any atom is 0.0716 e. The molecule has 0 atom stereocenters. The third-order valence-corrected chi connectivity index (χ3v) is 1.44. The molecule has 0 saturated carbocycles. The Bertz CT molecular complexity index is 376. The van der Waals surface area contributed by atoms with E-state index < -0.39 is 0 Å². The molecule has 66 valence electrons. The molecular weight excluding hydrogens is 148 g/mol. The Morgan fingerprint density at radius 3 is 2.75 bits per heavy atom. The van der Waals surface area contributed by atoms with E-state index in [1.165, 1.54) is 0 Å². The van der Waals surface area contributed by atoms with E-state index in [1.807, 2.05) is 6.92 Å². The van der Waals surface area contributed by atoms with Crippen LogP contribution < -0.4 is 0 Å². The molecule has 1 nitrogen and oxygen atoms in total. The van der Waals surface area contributed by atoms with Gasteiger partial charge in [-0.05, 0) is 12.0 Å². The van der Waals surface area contributed by atoms with Crippen molar-refractivity contribution in [3.8, 4) is 0 Å². The molecule has 0 heterocycles. The first kappa shape index (κ1) is 4.43. The molecule has 0 saturated heterocycles. The normalized spacial score (nSPS) is 15.9. The van der Waals surface area contributed by atoms with Crippen molar-refractivity contribution >= 4 is 0 Å². The summed E-state index contributed by atoms with van der Waals surface area (Å²) in [5, 5.41) is 0. The zero-order chi connectivity index (χ0) is 13.0. The van der Waals surface area contributed by atoms with Crippen molar-refractivity contribution in [3.63, 3.8) is 0 Å². The molecule has 12 heavy (non-hydrogen) atoms. The average Bonchev–Trinajstić information content (AvgIpc) is 2.33. The Labute approximate surface area is 81.4 Å². The molecule has 1 rings (SSSR count). The molecule has 0 radical (unpaired) electrons. The molecule has 1 aromatic carbocycles. The van der Waals surface area contributed by atoms with Crippen molar-refractivity contribution in [1.29, 1.82) is 0 Å². The molecule has 0 aliphatic rings. The number of rotatable bonds is 5.